The number of benzene rings is 3. The van der Waals surface area contributed by atoms with Gasteiger partial charge in [-0.1, -0.05) is 59.1 Å². The number of nitrogens with zero attached hydrogens (tertiary/aromatic N) is 2. The number of hydrogen-bond acceptors (Lipinski definition) is 4. The molecule has 1 heterocycles. The molecule has 0 aromatic heterocycles. The van der Waals surface area contributed by atoms with Crippen molar-refractivity contribution in [1.29, 1.82) is 0 Å². The van der Waals surface area contributed by atoms with Crippen LogP contribution in [0.3, 0.4) is 0 Å². The van der Waals surface area contributed by atoms with Crippen LogP contribution in [0.15, 0.2) is 71.6 Å². The first-order valence-electron chi connectivity index (χ1n) is 11.4. The molecule has 1 aliphatic rings. The zero-order valence-electron chi connectivity index (χ0n) is 19.6. The van der Waals surface area contributed by atoms with Gasteiger partial charge in [-0.3, -0.25) is 13.9 Å². The smallest absolute Gasteiger partial charge is 0.264 e. The lowest BCUT2D eigenvalue weighted by atomic mass is 10.1. The van der Waals surface area contributed by atoms with E-state index < -0.39 is 22.5 Å². The molecule has 7 nitrogen and oxygen atoms in total. The number of carbonyl (C=O) groups excluding carboxylic acids is 2. The van der Waals surface area contributed by atoms with Gasteiger partial charge in [-0.05, 0) is 56.2 Å². The van der Waals surface area contributed by atoms with Crippen LogP contribution in [-0.2, 0) is 14.8 Å². The van der Waals surface area contributed by atoms with Crippen LogP contribution in [0, 0.1) is 6.92 Å². The highest BCUT2D eigenvalue weighted by molar-refractivity contribution is 7.92. The maximum atomic E-state index is 13.6. The van der Waals surface area contributed by atoms with Crippen LogP contribution in [0.5, 0.6) is 0 Å². The first-order valence-corrected chi connectivity index (χ1v) is 13.6. The van der Waals surface area contributed by atoms with Crippen LogP contribution >= 0.6 is 23.2 Å². The van der Waals surface area contributed by atoms with Crippen LogP contribution in [0.2, 0.25) is 10.0 Å². The van der Waals surface area contributed by atoms with Gasteiger partial charge in [-0.2, -0.15) is 0 Å². The van der Waals surface area contributed by atoms with Gasteiger partial charge in [-0.25, -0.2) is 8.42 Å². The van der Waals surface area contributed by atoms with Crippen molar-refractivity contribution in [3.8, 4) is 0 Å². The van der Waals surface area contributed by atoms with E-state index in [9.17, 15) is 18.0 Å². The summed E-state index contributed by atoms with van der Waals surface area (Å²) in [4.78, 5) is 27.9. The standard InChI is InChI=1S/C26H25Cl2N3O4S/c1-18-11-13-19(14-12-18)36(34,35)31(23-10-6-8-21(27)25(23)28)17-24(32)29-22-9-3-2-7-20(22)26(33)30-15-4-5-16-30/h2-3,6-14H,4-5,15-17H2,1H3,(H,29,32). The highest BCUT2D eigenvalue weighted by atomic mass is 35.5. The number of carbonyl (C=O) groups is 2. The Balaban J connectivity index is 1.66. The number of aryl methyl sites for hydroxylation is 1. The van der Waals surface area contributed by atoms with Crippen molar-refractivity contribution in [2.75, 3.05) is 29.3 Å². The average Bonchev–Trinajstić information content (AvgIpc) is 3.40. The summed E-state index contributed by atoms with van der Waals surface area (Å²) in [5, 5.41) is 2.87. The first-order chi connectivity index (χ1) is 17.2. The Morgan fingerprint density at radius 2 is 1.61 bits per heavy atom. The van der Waals surface area contributed by atoms with Crippen molar-refractivity contribution in [3.05, 3.63) is 87.9 Å². The number of para-hydroxylation sites is 1. The minimum absolute atomic E-state index is 0.00144. The number of hydrogen-bond donors (Lipinski definition) is 1. The van der Waals surface area contributed by atoms with Gasteiger partial charge < -0.3 is 10.2 Å². The molecule has 1 fully saturated rings. The number of anilines is 2. The molecule has 0 aliphatic carbocycles. The molecule has 0 bridgehead atoms. The number of amides is 2. The number of rotatable bonds is 7. The van der Waals surface area contributed by atoms with Crippen LogP contribution in [0.25, 0.3) is 0 Å². The molecule has 3 aromatic rings. The third-order valence-corrected chi connectivity index (χ3v) is 8.50. The van der Waals surface area contributed by atoms with E-state index in [-0.39, 0.29) is 26.5 Å². The highest BCUT2D eigenvalue weighted by Gasteiger charge is 2.30. The molecule has 36 heavy (non-hydrogen) atoms. The van der Waals surface area contributed by atoms with E-state index in [0.717, 1.165) is 22.7 Å². The Kier molecular flexibility index (Phi) is 7.88. The molecular weight excluding hydrogens is 521 g/mol. The number of likely N-dealkylation sites (tertiary alicyclic amines) is 1. The van der Waals surface area contributed by atoms with Gasteiger partial charge in [0.05, 0.1) is 31.9 Å². The molecule has 2 amide bonds. The summed E-state index contributed by atoms with van der Waals surface area (Å²) in [6, 6.07) is 17.5. The Bertz CT molecular complexity index is 1390. The molecule has 1 aliphatic heterocycles. The summed E-state index contributed by atoms with van der Waals surface area (Å²) >= 11 is 12.5. The van der Waals surface area contributed by atoms with Gasteiger partial charge in [0.2, 0.25) is 5.91 Å². The van der Waals surface area contributed by atoms with Crippen molar-refractivity contribution < 1.29 is 18.0 Å². The molecule has 1 saturated heterocycles. The van der Waals surface area contributed by atoms with Gasteiger partial charge in [-0.15, -0.1) is 0 Å². The van der Waals surface area contributed by atoms with E-state index in [1.165, 1.54) is 24.3 Å². The van der Waals surface area contributed by atoms with Crippen molar-refractivity contribution >= 4 is 56.4 Å². The minimum atomic E-state index is -4.18. The topological polar surface area (TPSA) is 86.8 Å². The molecule has 0 atom stereocenters. The molecule has 0 unspecified atom stereocenters. The van der Waals surface area contributed by atoms with Crippen LogP contribution in [0.1, 0.15) is 28.8 Å². The summed E-state index contributed by atoms with van der Waals surface area (Å²) < 4.78 is 28.2. The zero-order valence-corrected chi connectivity index (χ0v) is 21.9. The molecule has 10 heteroatoms. The third kappa shape index (κ3) is 5.51. The van der Waals surface area contributed by atoms with Crippen LogP contribution < -0.4 is 9.62 Å². The van der Waals surface area contributed by atoms with Gasteiger partial charge >= 0.3 is 0 Å². The van der Waals surface area contributed by atoms with Gasteiger partial charge in [0.25, 0.3) is 15.9 Å². The largest absolute Gasteiger partial charge is 0.339 e. The Morgan fingerprint density at radius 1 is 0.944 bits per heavy atom. The Morgan fingerprint density at radius 3 is 2.31 bits per heavy atom. The van der Waals surface area contributed by atoms with E-state index in [2.05, 4.69) is 5.32 Å². The maximum absolute atomic E-state index is 13.6. The van der Waals surface area contributed by atoms with E-state index in [1.54, 1.807) is 47.4 Å². The van der Waals surface area contributed by atoms with Crippen molar-refractivity contribution in [2.24, 2.45) is 0 Å². The van der Waals surface area contributed by atoms with Crippen LogP contribution in [-0.4, -0.2) is 44.8 Å². The number of nitrogens with one attached hydrogen (secondary N) is 1. The molecule has 3 aromatic carbocycles. The minimum Gasteiger partial charge on any atom is -0.339 e. The normalized spacial score (nSPS) is 13.5. The monoisotopic (exact) mass is 545 g/mol. The number of halogens is 2. The summed E-state index contributed by atoms with van der Waals surface area (Å²) in [5.74, 6) is -0.811. The number of sulfonamides is 1. The summed E-state index contributed by atoms with van der Waals surface area (Å²) in [5.41, 5.74) is 1.62. The van der Waals surface area contributed by atoms with Crippen LogP contribution in [0.4, 0.5) is 11.4 Å². The lowest BCUT2D eigenvalue weighted by molar-refractivity contribution is -0.114. The lowest BCUT2D eigenvalue weighted by Crippen LogP contribution is -2.38. The fourth-order valence-corrected chi connectivity index (χ4v) is 5.89. The van der Waals surface area contributed by atoms with Crippen molar-refractivity contribution in [2.45, 2.75) is 24.7 Å². The van der Waals surface area contributed by atoms with E-state index in [1.807, 2.05) is 6.92 Å². The fourth-order valence-electron chi connectivity index (χ4n) is 4.01. The van der Waals surface area contributed by atoms with Crippen molar-refractivity contribution in [1.82, 2.24) is 4.90 Å². The predicted octanol–water partition coefficient (Wildman–Crippen LogP) is 5.37. The Hall–Kier alpha value is -3.07. The molecule has 0 spiro atoms. The average molecular weight is 546 g/mol. The Labute approximate surface area is 220 Å². The van der Waals surface area contributed by atoms with E-state index >= 15 is 0 Å². The van der Waals surface area contributed by atoms with E-state index in [0.29, 0.717) is 24.3 Å². The summed E-state index contributed by atoms with van der Waals surface area (Å²) in [6.45, 7) is 2.59. The quantitative estimate of drug-likeness (QED) is 0.432. The molecule has 1 N–H and O–H groups in total. The third-order valence-electron chi connectivity index (χ3n) is 5.92. The molecule has 0 saturated carbocycles. The second kappa shape index (κ2) is 10.9. The lowest BCUT2D eigenvalue weighted by Gasteiger charge is -2.25. The second-order valence-electron chi connectivity index (χ2n) is 8.49. The van der Waals surface area contributed by atoms with Gasteiger partial charge in [0.1, 0.15) is 6.54 Å². The molecule has 4 rings (SSSR count). The van der Waals surface area contributed by atoms with Gasteiger partial charge in [0, 0.05) is 13.1 Å². The summed E-state index contributed by atoms with van der Waals surface area (Å²) in [6.07, 6.45) is 1.87. The maximum Gasteiger partial charge on any atom is 0.264 e. The fraction of sp³-hybridized carbons (Fsp3) is 0.231. The van der Waals surface area contributed by atoms with Crippen molar-refractivity contribution in [3.63, 3.8) is 0 Å². The van der Waals surface area contributed by atoms with E-state index in [4.69, 9.17) is 23.2 Å². The highest BCUT2D eigenvalue weighted by Crippen LogP contribution is 2.35. The molecule has 188 valence electrons. The summed E-state index contributed by atoms with van der Waals surface area (Å²) in [7, 11) is -4.18. The molecular formula is C26H25Cl2N3O4S. The first kappa shape index (κ1) is 26.0. The molecule has 0 radical (unpaired) electrons. The second-order valence-corrected chi connectivity index (χ2v) is 11.1. The SMILES string of the molecule is Cc1ccc(S(=O)(=O)N(CC(=O)Nc2ccccc2C(=O)N2CCCC2)c2cccc(Cl)c2Cl)cc1. The van der Waals surface area contributed by atoms with Gasteiger partial charge in [0.15, 0.2) is 0 Å². The zero-order chi connectivity index (χ0) is 25.9. The predicted molar refractivity (Wildman–Crippen MR) is 142 cm³/mol.